The summed E-state index contributed by atoms with van der Waals surface area (Å²) < 4.78 is 5.52. The van der Waals surface area contributed by atoms with Crippen LogP contribution < -0.4 is 21.3 Å². The lowest BCUT2D eigenvalue weighted by Crippen LogP contribution is -2.61. The van der Waals surface area contributed by atoms with Crippen LogP contribution in [-0.2, 0) is 33.5 Å². The van der Waals surface area contributed by atoms with Crippen molar-refractivity contribution in [3.05, 3.63) is 35.9 Å². The number of alkyl carbamates (subject to hydrolysis) is 1. The molecule has 2 aliphatic carbocycles. The Hall–Kier alpha value is -4.49. The Morgan fingerprint density at radius 3 is 2.15 bits per heavy atom. The molecule has 6 atom stereocenters. The summed E-state index contributed by atoms with van der Waals surface area (Å²) in [6.45, 7) is 8.40. The van der Waals surface area contributed by atoms with E-state index < -0.39 is 65.9 Å². The standard InChI is InChI=1S/C39H58N6O8/c1-23(2)20-28(33(47)35(49)40-22-29(46)42-30(36(50)44(6)7)24-14-10-8-11-15-24)41-34(48)32-26-18-19-27(21-26)45(32)37(51)31(25-16-12-9-13-17-25)43-38(52)53-39(3,4)5/h8,10-11,14-15,23,25-28,30-32H,9,12-13,16-22H2,1-7H3,(H,40,49)(H,41,48)(H,42,46)(H,43,52)/t26?,27?,28?,30-,31+,32+/m1/s1. The number of likely N-dealkylation sites (tertiary alicyclic amines) is 1. The number of ketones is 1. The van der Waals surface area contributed by atoms with Gasteiger partial charge in [0.2, 0.25) is 29.4 Å². The Kier molecular flexibility index (Phi) is 14.0. The molecule has 1 aliphatic heterocycles. The van der Waals surface area contributed by atoms with Crippen molar-refractivity contribution in [2.75, 3.05) is 20.6 Å². The summed E-state index contributed by atoms with van der Waals surface area (Å²) >= 11 is 0. The molecule has 53 heavy (non-hydrogen) atoms. The molecule has 3 unspecified atom stereocenters. The van der Waals surface area contributed by atoms with Crippen LogP contribution in [-0.4, -0.2) is 102 Å². The molecule has 6 amide bonds. The number of benzene rings is 1. The zero-order chi connectivity index (χ0) is 39.0. The zero-order valence-corrected chi connectivity index (χ0v) is 32.2. The van der Waals surface area contributed by atoms with E-state index in [1.165, 1.54) is 4.90 Å². The molecule has 4 N–H and O–H groups in total. The predicted molar refractivity (Wildman–Crippen MR) is 197 cm³/mol. The lowest BCUT2D eigenvalue weighted by molar-refractivity contribution is -0.147. The monoisotopic (exact) mass is 738 g/mol. The van der Waals surface area contributed by atoms with Gasteiger partial charge in [-0.1, -0.05) is 63.4 Å². The quantitative estimate of drug-likeness (QED) is 0.210. The van der Waals surface area contributed by atoms with Crippen LogP contribution in [0.4, 0.5) is 4.79 Å². The first-order chi connectivity index (χ1) is 25.0. The number of Topliss-reactive ketones (excluding diaryl/α,β-unsaturated/α-hetero) is 1. The number of carbonyl (C=O) groups is 7. The van der Waals surface area contributed by atoms with Crippen molar-refractivity contribution < 1.29 is 38.3 Å². The van der Waals surface area contributed by atoms with E-state index in [1.807, 2.05) is 13.8 Å². The van der Waals surface area contributed by atoms with Gasteiger partial charge in [0.15, 0.2) is 0 Å². The summed E-state index contributed by atoms with van der Waals surface area (Å²) in [6.07, 6.45) is 6.02. The highest BCUT2D eigenvalue weighted by atomic mass is 16.6. The highest BCUT2D eigenvalue weighted by Crippen LogP contribution is 2.44. The average Bonchev–Trinajstić information content (AvgIpc) is 3.73. The molecule has 14 heteroatoms. The van der Waals surface area contributed by atoms with E-state index in [0.29, 0.717) is 12.0 Å². The number of hydrogen-bond acceptors (Lipinski definition) is 8. The molecule has 0 spiro atoms. The number of amides is 6. The maximum atomic E-state index is 14.4. The number of fused-ring (bicyclic) bond motifs is 2. The molecule has 4 rings (SSSR count). The van der Waals surface area contributed by atoms with Crippen molar-refractivity contribution in [3.8, 4) is 0 Å². The number of likely N-dealkylation sites (N-methyl/N-ethyl adjacent to an activating group) is 1. The first-order valence-corrected chi connectivity index (χ1v) is 19.0. The van der Waals surface area contributed by atoms with Gasteiger partial charge in [-0.3, -0.25) is 28.8 Å². The molecule has 1 heterocycles. The number of nitrogens with zero attached hydrogens (tertiary/aromatic N) is 2. The van der Waals surface area contributed by atoms with Gasteiger partial charge in [0.05, 0.1) is 12.6 Å². The predicted octanol–water partition coefficient (Wildman–Crippen LogP) is 3.00. The Morgan fingerprint density at radius 1 is 0.887 bits per heavy atom. The van der Waals surface area contributed by atoms with Gasteiger partial charge in [0.1, 0.15) is 23.7 Å². The fourth-order valence-corrected chi connectivity index (χ4v) is 7.86. The SMILES string of the molecule is CC(C)CC(NC(=O)[C@@H]1C2CCC(C2)N1C(=O)[C@@H](NC(=O)OC(C)(C)C)C1CCCCC1)C(=O)C(=O)NCC(=O)N[C@@H](C(=O)N(C)C)c1ccccc1. The van der Waals surface area contributed by atoms with Crippen LogP contribution in [0.1, 0.15) is 104 Å². The third kappa shape index (κ3) is 11.0. The van der Waals surface area contributed by atoms with Crippen LogP contribution in [0.5, 0.6) is 0 Å². The number of ether oxygens (including phenoxy) is 1. The normalized spacial score (nSPS) is 21.6. The largest absolute Gasteiger partial charge is 0.444 e. The first kappa shape index (κ1) is 41.3. The van der Waals surface area contributed by atoms with Crippen molar-refractivity contribution in [1.82, 2.24) is 31.1 Å². The first-order valence-electron chi connectivity index (χ1n) is 19.0. The van der Waals surface area contributed by atoms with Gasteiger partial charge in [0, 0.05) is 20.1 Å². The molecule has 2 saturated carbocycles. The molecular formula is C39H58N6O8. The van der Waals surface area contributed by atoms with E-state index in [2.05, 4.69) is 21.3 Å². The Morgan fingerprint density at radius 2 is 1.55 bits per heavy atom. The molecule has 292 valence electrons. The van der Waals surface area contributed by atoms with Gasteiger partial charge < -0.3 is 35.8 Å². The van der Waals surface area contributed by atoms with Gasteiger partial charge in [-0.2, -0.15) is 0 Å². The van der Waals surface area contributed by atoms with E-state index in [0.717, 1.165) is 44.9 Å². The molecule has 0 aromatic heterocycles. The summed E-state index contributed by atoms with van der Waals surface area (Å²) in [5, 5.41) is 10.6. The Balaban J connectivity index is 1.46. The molecule has 1 aromatic rings. The summed E-state index contributed by atoms with van der Waals surface area (Å²) in [4.78, 5) is 96.9. The second kappa shape index (κ2) is 18.0. The number of piperidine rings is 1. The number of nitrogens with one attached hydrogen (secondary N) is 4. The van der Waals surface area contributed by atoms with E-state index >= 15 is 0 Å². The molecule has 0 radical (unpaired) electrons. The summed E-state index contributed by atoms with van der Waals surface area (Å²) in [5.74, 6) is -4.20. The number of hydrogen-bond donors (Lipinski definition) is 4. The molecule has 3 fully saturated rings. The molecule has 2 bridgehead atoms. The molecule has 3 aliphatic rings. The van der Waals surface area contributed by atoms with Gasteiger partial charge in [-0.25, -0.2) is 4.79 Å². The summed E-state index contributed by atoms with van der Waals surface area (Å²) in [5.41, 5.74) is -0.205. The van der Waals surface area contributed by atoms with Crippen molar-refractivity contribution in [2.24, 2.45) is 17.8 Å². The van der Waals surface area contributed by atoms with Gasteiger partial charge in [-0.05, 0) is 82.6 Å². The van der Waals surface area contributed by atoms with Gasteiger partial charge in [-0.15, -0.1) is 0 Å². The van der Waals surface area contributed by atoms with Crippen molar-refractivity contribution >= 4 is 41.4 Å². The van der Waals surface area contributed by atoms with Crippen molar-refractivity contribution in [2.45, 2.75) is 128 Å². The van der Waals surface area contributed by atoms with Gasteiger partial charge in [0.25, 0.3) is 5.91 Å². The van der Waals surface area contributed by atoms with Crippen LogP contribution >= 0.6 is 0 Å². The maximum absolute atomic E-state index is 14.4. The summed E-state index contributed by atoms with van der Waals surface area (Å²) in [7, 11) is 3.13. The molecule has 1 saturated heterocycles. The third-order valence-electron chi connectivity index (χ3n) is 10.3. The second-order valence-electron chi connectivity index (χ2n) is 16.3. The lowest BCUT2D eigenvalue weighted by Gasteiger charge is -2.40. The van der Waals surface area contributed by atoms with Crippen LogP contribution in [0.15, 0.2) is 30.3 Å². The Bertz CT molecular complexity index is 1500. The van der Waals surface area contributed by atoms with Crippen LogP contribution in [0, 0.1) is 17.8 Å². The minimum absolute atomic E-state index is 0.0875. The summed E-state index contributed by atoms with van der Waals surface area (Å²) in [6, 6.07) is 4.55. The smallest absolute Gasteiger partial charge is 0.408 e. The van der Waals surface area contributed by atoms with Crippen molar-refractivity contribution in [1.29, 1.82) is 0 Å². The number of carbonyl (C=O) groups excluding carboxylic acids is 7. The van der Waals surface area contributed by atoms with Crippen LogP contribution in [0.2, 0.25) is 0 Å². The van der Waals surface area contributed by atoms with Gasteiger partial charge >= 0.3 is 6.09 Å². The van der Waals surface area contributed by atoms with Crippen molar-refractivity contribution in [3.63, 3.8) is 0 Å². The highest BCUT2D eigenvalue weighted by molar-refractivity contribution is 6.38. The van der Waals surface area contributed by atoms with E-state index in [-0.39, 0.29) is 42.0 Å². The topological polar surface area (TPSA) is 183 Å². The maximum Gasteiger partial charge on any atom is 0.408 e. The minimum Gasteiger partial charge on any atom is -0.444 e. The molecule has 1 aromatic carbocycles. The van der Waals surface area contributed by atoms with E-state index in [4.69, 9.17) is 4.74 Å². The van der Waals surface area contributed by atoms with E-state index in [1.54, 1.807) is 70.1 Å². The second-order valence-corrected chi connectivity index (χ2v) is 16.3. The zero-order valence-electron chi connectivity index (χ0n) is 32.2. The average molecular weight is 739 g/mol. The Labute approximate surface area is 312 Å². The lowest BCUT2D eigenvalue weighted by atomic mass is 9.83. The molecular weight excluding hydrogens is 680 g/mol. The number of rotatable bonds is 14. The minimum atomic E-state index is -1.21. The van der Waals surface area contributed by atoms with E-state index in [9.17, 15) is 33.6 Å². The highest BCUT2D eigenvalue weighted by Gasteiger charge is 2.53. The fraction of sp³-hybridized carbons (Fsp3) is 0.667. The van der Waals surface area contributed by atoms with Crippen LogP contribution in [0.3, 0.4) is 0 Å². The van der Waals surface area contributed by atoms with Crippen LogP contribution in [0.25, 0.3) is 0 Å². The third-order valence-corrected chi connectivity index (χ3v) is 10.3. The fourth-order valence-electron chi connectivity index (χ4n) is 7.86. The molecule has 14 nitrogen and oxygen atoms in total.